The van der Waals surface area contributed by atoms with Crippen molar-refractivity contribution in [3.05, 3.63) is 91.5 Å². The molecule has 0 aliphatic carbocycles. The molecule has 1 heterocycles. The van der Waals surface area contributed by atoms with Crippen LogP contribution in [0.3, 0.4) is 0 Å². The molecule has 0 aliphatic rings. The zero-order valence-corrected chi connectivity index (χ0v) is 18.3. The molecular weight excluding hydrogens is 461 g/mol. The van der Waals surface area contributed by atoms with Gasteiger partial charge in [-0.2, -0.15) is 0 Å². The Labute approximate surface area is 192 Å². The minimum absolute atomic E-state index is 0.0813. The molecule has 1 N–H and O–H groups in total. The highest BCUT2D eigenvalue weighted by molar-refractivity contribution is 6.46. The summed E-state index contributed by atoms with van der Waals surface area (Å²) in [6.07, 6.45) is 0. The van der Waals surface area contributed by atoms with Gasteiger partial charge in [0.15, 0.2) is 5.43 Å². The summed E-state index contributed by atoms with van der Waals surface area (Å²) in [7, 11) is 1.53. The fraction of sp³-hybridized carbons (Fsp3) is 0.0435. The molecule has 31 heavy (non-hydrogen) atoms. The van der Waals surface area contributed by atoms with Crippen molar-refractivity contribution in [2.45, 2.75) is 0 Å². The lowest BCUT2D eigenvalue weighted by atomic mass is 10.1. The molecule has 156 valence electrons. The lowest BCUT2D eigenvalue weighted by Gasteiger charge is -2.10. The van der Waals surface area contributed by atoms with Crippen LogP contribution in [0.4, 0.5) is 5.69 Å². The Balaban J connectivity index is 1.61. The van der Waals surface area contributed by atoms with E-state index in [-0.39, 0.29) is 26.1 Å². The summed E-state index contributed by atoms with van der Waals surface area (Å²) < 4.78 is 11.0. The lowest BCUT2D eigenvalue weighted by molar-refractivity contribution is 0.102. The first-order valence-electron chi connectivity index (χ1n) is 9.04. The monoisotopic (exact) mass is 473 g/mol. The summed E-state index contributed by atoms with van der Waals surface area (Å²) in [6.45, 7) is 0. The zero-order valence-electron chi connectivity index (χ0n) is 16.0. The number of carbonyl (C=O) groups is 1. The highest BCUT2D eigenvalue weighted by atomic mass is 35.5. The average molecular weight is 475 g/mol. The third-order valence-corrected chi connectivity index (χ3v) is 5.75. The molecule has 0 spiro atoms. The fourth-order valence-corrected chi connectivity index (χ4v) is 3.75. The largest absolute Gasteiger partial charge is 0.497 e. The number of ether oxygens (including phenoxy) is 1. The quantitative estimate of drug-likeness (QED) is 0.335. The van der Waals surface area contributed by atoms with Gasteiger partial charge in [-0.05, 0) is 54.6 Å². The molecule has 0 aliphatic heterocycles. The molecular formula is C23H14Cl3NO4. The summed E-state index contributed by atoms with van der Waals surface area (Å²) in [5.74, 6) is 0.491. The topological polar surface area (TPSA) is 68.5 Å². The molecule has 8 heteroatoms. The Kier molecular flexibility index (Phi) is 5.92. The molecule has 0 unspecified atom stereocenters. The third kappa shape index (κ3) is 4.26. The predicted octanol–water partition coefficient (Wildman–Crippen LogP) is 6.68. The van der Waals surface area contributed by atoms with Crippen LogP contribution in [0.5, 0.6) is 5.75 Å². The molecule has 0 fully saturated rings. The van der Waals surface area contributed by atoms with E-state index >= 15 is 0 Å². The van der Waals surface area contributed by atoms with Gasteiger partial charge in [0.05, 0.1) is 33.1 Å². The van der Waals surface area contributed by atoms with Crippen LogP contribution in [-0.4, -0.2) is 13.0 Å². The normalized spacial score (nSPS) is 10.8. The number of methoxy groups -OCH3 is 1. The predicted molar refractivity (Wildman–Crippen MR) is 124 cm³/mol. The number of anilines is 1. The van der Waals surface area contributed by atoms with Gasteiger partial charge in [0.25, 0.3) is 5.91 Å². The summed E-state index contributed by atoms with van der Waals surface area (Å²) >= 11 is 18.2. The van der Waals surface area contributed by atoms with E-state index in [4.69, 9.17) is 44.0 Å². The third-order valence-electron chi connectivity index (χ3n) is 4.63. The van der Waals surface area contributed by atoms with E-state index in [2.05, 4.69) is 5.32 Å². The molecule has 0 bridgehead atoms. The molecule has 0 atom stereocenters. The highest BCUT2D eigenvalue weighted by Crippen LogP contribution is 2.32. The molecule has 4 rings (SSSR count). The number of hydrogen-bond donors (Lipinski definition) is 1. The van der Waals surface area contributed by atoms with Gasteiger partial charge in [-0.15, -0.1) is 0 Å². The average Bonchev–Trinajstić information content (AvgIpc) is 2.77. The minimum atomic E-state index is -0.489. The molecule has 1 amide bonds. The first-order valence-corrected chi connectivity index (χ1v) is 10.2. The summed E-state index contributed by atoms with van der Waals surface area (Å²) in [5, 5.41) is 3.67. The molecule has 0 saturated carbocycles. The number of amides is 1. The van der Waals surface area contributed by atoms with Crippen molar-refractivity contribution in [3.63, 3.8) is 0 Å². The lowest BCUT2D eigenvalue weighted by Crippen LogP contribution is -2.13. The van der Waals surface area contributed by atoms with Crippen LogP contribution in [0.1, 0.15) is 10.4 Å². The Hall–Kier alpha value is -2.99. The number of nitrogens with one attached hydrogen (secondary N) is 1. The molecule has 0 saturated heterocycles. The van der Waals surface area contributed by atoms with Crippen LogP contribution >= 0.6 is 34.8 Å². The maximum absolute atomic E-state index is 12.6. The molecule has 3 aromatic carbocycles. The van der Waals surface area contributed by atoms with Crippen LogP contribution in [0.25, 0.3) is 22.3 Å². The van der Waals surface area contributed by atoms with Crippen LogP contribution in [0, 0.1) is 0 Å². The van der Waals surface area contributed by atoms with Gasteiger partial charge < -0.3 is 14.5 Å². The SMILES string of the molecule is COc1ccc2oc(-c3ccc(NC(=O)c4c(Cl)ccc(Cl)c4Cl)cc3)cc(=O)c2c1. The summed E-state index contributed by atoms with van der Waals surface area (Å²) in [5.41, 5.74) is 1.54. The van der Waals surface area contributed by atoms with Crippen LogP contribution in [0.15, 0.2) is 69.9 Å². The van der Waals surface area contributed by atoms with Crippen molar-refractivity contribution in [2.24, 2.45) is 0 Å². The Morgan fingerprint density at radius 3 is 2.35 bits per heavy atom. The summed E-state index contributed by atoms with van der Waals surface area (Å²) in [6, 6.07) is 16.3. The van der Waals surface area contributed by atoms with Crippen molar-refractivity contribution in [3.8, 4) is 17.1 Å². The van der Waals surface area contributed by atoms with Gasteiger partial charge in [-0.1, -0.05) is 34.8 Å². The number of benzene rings is 3. The van der Waals surface area contributed by atoms with E-state index in [1.54, 1.807) is 42.5 Å². The second-order valence-electron chi connectivity index (χ2n) is 6.59. The van der Waals surface area contributed by atoms with E-state index < -0.39 is 5.91 Å². The standard InChI is InChI=1S/C23H14Cl3NO4/c1-30-14-6-9-19-15(10-14)18(28)11-20(31-19)12-2-4-13(5-3-12)27-23(29)21-16(24)7-8-17(25)22(21)26/h2-11H,1H3,(H,27,29). The Bertz CT molecular complexity index is 1360. The summed E-state index contributed by atoms with van der Waals surface area (Å²) in [4.78, 5) is 25.1. The molecule has 4 aromatic rings. The van der Waals surface area contributed by atoms with Gasteiger partial charge in [0.1, 0.15) is 17.1 Å². The van der Waals surface area contributed by atoms with Gasteiger partial charge in [-0.3, -0.25) is 9.59 Å². The maximum Gasteiger partial charge on any atom is 0.258 e. The van der Waals surface area contributed by atoms with E-state index in [9.17, 15) is 9.59 Å². The number of halogens is 3. The van der Waals surface area contributed by atoms with Crippen LogP contribution in [0.2, 0.25) is 15.1 Å². The minimum Gasteiger partial charge on any atom is -0.497 e. The molecule has 0 radical (unpaired) electrons. The second-order valence-corrected chi connectivity index (χ2v) is 7.78. The molecule has 5 nitrogen and oxygen atoms in total. The zero-order chi connectivity index (χ0) is 22.1. The smallest absolute Gasteiger partial charge is 0.258 e. The van der Waals surface area contributed by atoms with E-state index in [1.165, 1.54) is 25.3 Å². The van der Waals surface area contributed by atoms with Gasteiger partial charge in [0.2, 0.25) is 0 Å². The first-order chi connectivity index (χ1) is 14.9. The van der Waals surface area contributed by atoms with Crippen LogP contribution in [-0.2, 0) is 0 Å². The maximum atomic E-state index is 12.6. The Morgan fingerprint density at radius 1 is 0.935 bits per heavy atom. The Morgan fingerprint density at radius 2 is 1.65 bits per heavy atom. The highest BCUT2D eigenvalue weighted by Gasteiger charge is 2.17. The number of rotatable bonds is 4. The van der Waals surface area contributed by atoms with Crippen molar-refractivity contribution >= 4 is 57.4 Å². The number of carbonyl (C=O) groups excluding carboxylic acids is 1. The number of hydrogen-bond acceptors (Lipinski definition) is 4. The van der Waals surface area contributed by atoms with Gasteiger partial charge >= 0.3 is 0 Å². The van der Waals surface area contributed by atoms with Crippen molar-refractivity contribution in [1.29, 1.82) is 0 Å². The van der Waals surface area contributed by atoms with E-state index in [1.807, 2.05) is 0 Å². The van der Waals surface area contributed by atoms with E-state index in [0.29, 0.717) is 33.7 Å². The molecule has 1 aromatic heterocycles. The van der Waals surface area contributed by atoms with Crippen molar-refractivity contribution in [1.82, 2.24) is 0 Å². The van der Waals surface area contributed by atoms with E-state index in [0.717, 1.165) is 0 Å². The van der Waals surface area contributed by atoms with Crippen molar-refractivity contribution in [2.75, 3.05) is 12.4 Å². The van der Waals surface area contributed by atoms with Gasteiger partial charge in [0, 0.05) is 17.3 Å². The van der Waals surface area contributed by atoms with Crippen molar-refractivity contribution < 1.29 is 13.9 Å². The van der Waals surface area contributed by atoms with Gasteiger partial charge in [-0.25, -0.2) is 0 Å². The first kappa shape index (κ1) is 21.2. The second kappa shape index (κ2) is 8.63. The fourth-order valence-electron chi connectivity index (χ4n) is 3.05. The number of fused-ring (bicyclic) bond motifs is 1. The van der Waals surface area contributed by atoms with Crippen LogP contribution < -0.4 is 15.5 Å².